The zero-order valence-corrected chi connectivity index (χ0v) is 12.5. The number of rotatable bonds is 4. The highest BCUT2D eigenvalue weighted by Gasteiger charge is 2.03. The van der Waals surface area contributed by atoms with E-state index in [9.17, 15) is 4.79 Å². The Balaban J connectivity index is 1.77. The molecule has 0 aliphatic carbocycles. The second-order valence-electron chi connectivity index (χ2n) is 5.20. The molecule has 0 saturated heterocycles. The molecule has 6 nitrogen and oxygen atoms in total. The number of hydrogen-bond donors (Lipinski definition) is 2. The lowest BCUT2D eigenvalue weighted by molar-refractivity contribution is 1.02. The normalized spacial score (nSPS) is 10.6. The van der Waals surface area contributed by atoms with Gasteiger partial charge in [-0.3, -0.25) is 9.78 Å². The molecule has 0 unspecified atom stereocenters. The number of aromatic nitrogens is 3. The minimum Gasteiger partial charge on any atom is -0.363 e. The fraction of sp³-hybridized carbons (Fsp3) is 0.188. The van der Waals surface area contributed by atoms with Crippen molar-refractivity contribution in [2.24, 2.45) is 0 Å². The van der Waals surface area contributed by atoms with Crippen LogP contribution in [-0.2, 0) is 6.54 Å². The molecule has 2 N–H and O–H groups in total. The predicted octanol–water partition coefficient (Wildman–Crippen LogP) is 2.00. The van der Waals surface area contributed by atoms with Crippen molar-refractivity contribution in [2.75, 3.05) is 24.3 Å². The van der Waals surface area contributed by atoms with E-state index in [1.165, 1.54) is 0 Å². The minimum absolute atomic E-state index is 0.144. The van der Waals surface area contributed by atoms with Gasteiger partial charge in [0.15, 0.2) is 0 Å². The van der Waals surface area contributed by atoms with Gasteiger partial charge in [-0.1, -0.05) is 18.2 Å². The summed E-state index contributed by atoms with van der Waals surface area (Å²) in [5.74, 6) is 1.36. The number of hydrogen-bond acceptors (Lipinski definition) is 5. The van der Waals surface area contributed by atoms with Crippen molar-refractivity contribution in [3.63, 3.8) is 0 Å². The predicted molar refractivity (Wildman–Crippen MR) is 88.3 cm³/mol. The van der Waals surface area contributed by atoms with Crippen LogP contribution in [-0.4, -0.2) is 29.0 Å². The van der Waals surface area contributed by atoms with Gasteiger partial charge in [-0.05, 0) is 23.8 Å². The molecule has 0 atom stereocenters. The van der Waals surface area contributed by atoms with E-state index in [1.54, 1.807) is 6.07 Å². The number of anilines is 2. The maximum Gasteiger partial charge on any atom is 0.260 e. The number of nitrogens with zero attached hydrogens (tertiary/aromatic N) is 3. The van der Waals surface area contributed by atoms with Crippen molar-refractivity contribution in [3.05, 3.63) is 58.5 Å². The molecule has 1 aromatic carbocycles. The Morgan fingerprint density at radius 3 is 2.73 bits per heavy atom. The zero-order chi connectivity index (χ0) is 15.5. The average Bonchev–Trinajstić information content (AvgIpc) is 2.53. The number of aromatic amines is 1. The van der Waals surface area contributed by atoms with E-state index in [4.69, 9.17) is 0 Å². The first kappa shape index (κ1) is 14.1. The van der Waals surface area contributed by atoms with E-state index in [1.807, 2.05) is 55.5 Å². The topological polar surface area (TPSA) is 73.9 Å². The summed E-state index contributed by atoms with van der Waals surface area (Å²) in [7, 11) is 3.90. The molecule has 2 heterocycles. The van der Waals surface area contributed by atoms with Crippen LogP contribution in [0.4, 0.5) is 11.8 Å². The molecule has 0 amide bonds. The lowest BCUT2D eigenvalue weighted by atomic mass is 10.2. The molecule has 0 bridgehead atoms. The highest BCUT2D eigenvalue weighted by molar-refractivity contribution is 5.78. The van der Waals surface area contributed by atoms with Gasteiger partial charge in [0, 0.05) is 26.8 Å². The Morgan fingerprint density at radius 2 is 2.00 bits per heavy atom. The Hall–Kier alpha value is -2.89. The van der Waals surface area contributed by atoms with Gasteiger partial charge in [-0.15, -0.1) is 0 Å². The average molecular weight is 295 g/mol. The molecule has 112 valence electrons. The van der Waals surface area contributed by atoms with Crippen LogP contribution in [0.2, 0.25) is 0 Å². The fourth-order valence-corrected chi connectivity index (χ4v) is 2.14. The van der Waals surface area contributed by atoms with Gasteiger partial charge < -0.3 is 10.2 Å². The standard InChI is InChI=1S/C16H17N5O/c1-21(2)14-8-7-11(9-17-14)10-18-16-19-13-6-4-3-5-12(13)15(22)20-16/h3-9H,10H2,1-2H3,(H2,18,19,20,22). The molecule has 6 heteroatoms. The highest BCUT2D eigenvalue weighted by Crippen LogP contribution is 2.11. The highest BCUT2D eigenvalue weighted by atomic mass is 16.1. The summed E-state index contributed by atoms with van der Waals surface area (Å²) in [5, 5.41) is 3.71. The first-order valence-corrected chi connectivity index (χ1v) is 6.98. The van der Waals surface area contributed by atoms with Gasteiger partial charge in [-0.25, -0.2) is 9.97 Å². The zero-order valence-electron chi connectivity index (χ0n) is 12.5. The number of benzene rings is 1. The molecule has 0 aliphatic heterocycles. The van der Waals surface area contributed by atoms with Crippen LogP contribution in [0, 0.1) is 0 Å². The first-order chi connectivity index (χ1) is 10.6. The van der Waals surface area contributed by atoms with Crippen LogP contribution in [0.15, 0.2) is 47.4 Å². The lowest BCUT2D eigenvalue weighted by Crippen LogP contribution is -2.13. The third-order valence-corrected chi connectivity index (χ3v) is 3.34. The van der Waals surface area contributed by atoms with E-state index in [0.717, 1.165) is 11.4 Å². The number of pyridine rings is 1. The number of para-hydroxylation sites is 1. The lowest BCUT2D eigenvalue weighted by Gasteiger charge is -2.11. The number of nitrogens with one attached hydrogen (secondary N) is 2. The Kier molecular flexibility index (Phi) is 3.74. The molecule has 0 spiro atoms. The summed E-state index contributed by atoms with van der Waals surface area (Å²) in [6.07, 6.45) is 1.81. The Bertz CT molecular complexity index is 839. The van der Waals surface area contributed by atoms with Crippen LogP contribution in [0.5, 0.6) is 0 Å². The van der Waals surface area contributed by atoms with Crippen molar-refractivity contribution in [1.29, 1.82) is 0 Å². The van der Waals surface area contributed by atoms with Gasteiger partial charge in [0.2, 0.25) is 5.95 Å². The summed E-state index contributed by atoms with van der Waals surface area (Å²) in [5.41, 5.74) is 1.55. The molecule has 0 fully saturated rings. The van der Waals surface area contributed by atoms with E-state index in [2.05, 4.69) is 20.3 Å². The molecular weight excluding hydrogens is 278 g/mol. The van der Waals surface area contributed by atoms with Crippen molar-refractivity contribution in [1.82, 2.24) is 15.0 Å². The molecule has 0 radical (unpaired) electrons. The minimum atomic E-state index is -0.144. The third kappa shape index (κ3) is 2.90. The van der Waals surface area contributed by atoms with Gasteiger partial charge in [0.25, 0.3) is 5.56 Å². The van der Waals surface area contributed by atoms with Crippen LogP contribution < -0.4 is 15.8 Å². The van der Waals surface area contributed by atoms with Crippen LogP contribution in [0.1, 0.15) is 5.56 Å². The summed E-state index contributed by atoms with van der Waals surface area (Å²) >= 11 is 0. The maximum absolute atomic E-state index is 12.0. The fourth-order valence-electron chi connectivity index (χ4n) is 2.14. The Morgan fingerprint density at radius 1 is 1.18 bits per heavy atom. The molecule has 0 saturated carbocycles. The molecule has 3 rings (SSSR count). The summed E-state index contributed by atoms with van der Waals surface area (Å²) in [6.45, 7) is 0.544. The smallest absolute Gasteiger partial charge is 0.260 e. The molecular formula is C16H17N5O. The van der Waals surface area contributed by atoms with E-state index in [0.29, 0.717) is 23.4 Å². The summed E-state index contributed by atoms with van der Waals surface area (Å²) in [4.78, 5) is 25.4. The third-order valence-electron chi connectivity index (χ3n) is 3.34. The largest absolute Gasteiger partial charge is 0.363 e. The quantitative estimate of drug-likeness (QED) is 0.770. The second kappa shape index (κ2) is 5.85. The van der Waals surface area contributed by atoms with E-state index >= 15 is 0 Å². The summed E-state index contributed by atoms with van der Waals surface area (Å²) < 4.78 is 0. The van der Waals surface area contributed by atoms with Crippen molar-refractivity contribution in [2.45, 2.75) is 6.54 Å². The molecule has 0 aliphatic rings. The Labute approximate surface area is 127 Å². The van der Waals surface area contributed by atoms with Crippen LogP contribution >= 0.6 is 0 Å². The van der Waals surface area contributed by atoms with Gasteiger partial charge in [0.05, 0.1) is 10.9 Å². The number of H-pyrrole nitrogens is 1. The van der Waals surface area contributed by atoms with Gasteiger partial charge >= 0.3 is 0 Å². The van der Waals surface area contributed by atoms with Crippen molar-refractivity contribution < 1.29 is 0 Å². The van der Waals surface area contributed by atoms with Gasteiger partial charge in [-0.2, -0.15) is 0 Å². The van der Waals surface area contributed by atoms with Gasteiger partial charge in [0.1, 0.15) is 5.82 Å². The first-order valence-electron chi connectivity index (χ1n) is 6.98. The number of fused-ring (bicyclic) bond motifs is 1. The van der Waals surface area contributed by atoms with E-state index < -0.39 is 0 Å². The molecule has 22 heavy (non-hydrogen) atoms. The van der Waals surface area contributed by atoms with Crippen molar-refractivity contribution >= 4 is 22.7 Å². The molecule has 3 aromatic rings. The van der Waals surface area contributed by atoms with Crippen LogP contribution in [0.3, 0.4) is 0 Å². The summed E-state index contributed by atoms with van der Waals surface area (Å²) in [6, 6.07) is 11.2. The second-order valence-corrected chi connectivity index (χ2v) is 5.20. The van der Waals surface area contributed by atoms with Crippen LogP contribution in [0.25, 0.3) is 10.9 Å². The van der Waals surface area contributed by atoms with E-state index in [-0.39, 0.29) is 5.56 Å². The molecule has 2 aromatic heterocycles. The SMILES string of the molecule is CN(C)c1ccc(CNc2nc3ccccc3c(=O)[nH]2)cn1. The van der Waals surface area contributed by atoms with Crippen molar-refractivity contribution in [3.8, 4) is 0 Å². The maximum atomic E-state index is 12.0. The monoisotopic (exact) mass is 295 g/mol.